The minimum absolute atomic E-state index is 0.0572. The molecule has 0 aliphatic rings. The Balaban J connectivity index is 1.46. The molecule has 36 heavy (non-hydrogen) atoms. The summed E-state index contributed by atoms with van der Waals surface area (Å²) in [5.74, 6) is 1.87. The lowest BCUT2D eigenvalue weighted by molar-refractivity contribution is -0.113. The van der Waals surface area contributed by atoms with Crippen LogP contribution in [-0.2, 0) is 17.9 Å². The predicted molar refractivity (Wildman–Crippen MR) is 139 cm³/mol. The Labute approximate surface area is 213 Å². The highest BCUT2D eigenvalue weighted by Gasteiger charge is 2.16. The minimum atomic E-state index is -0.204. The fourth-order valence-electron chi connectivity index (χ4n) is 3.44. The van der Waals surface area contributed by atoms with E-state index in [-0.39, 0.29) is 24.1 Å². The number of nitrogens with one attached hydrogen (secondary N) is 1. The summed E-state index contributed by atoms with van der Waals surface area (Å²) in [6, 6.07) is 24.2. The van der Waals surface area contributed by atoms with Crippen molar-refractivity contribution in [2.75, 3.05) is 18.2 Å². The molecule has 0 aliphatic heterocycles. The van der Waals surface area contributed by atoms with E-state index in [4.69, 9.17) is 9.47 Å². The van der Waals surface area contributed by atoms with Gasteiger partial charge in [0.25, 0.3) is 0 Å². The third kappa shape index (κ3) is 6.73. The number of anilines is 1. The Bertz CT molecular complexity index is 1340. The molecule has 0 radical (unpaired) electrons. The maximum absolute atomic E-state index is 12.6. The lowest BCUT2D eigenvalue weighted by Crippen LogP contribution is -2.15. The molecule has 0 unspecified atom stereocenters. The van der Waals surface area contributed by atoms with E-state index in [2.05, 4.69) is 15.5 Å². The van der Waals surface area contributed by atoms with Gasteiger partial charge in [-0.1, -0.05) is 60.3 Å². The van der Waals surface area contributed by atoms with E-state index in [9.17, 15) is 9.59 Å². The number of ketones is 1. The zero-order valence-corrected chi connectivity index (χ0v) is 20.8. The highest BCUT2D eigenvalue weighted by molar-refractivity contribution is 7.99. The summed E-state index contributed by atoms with van der Waals surface area (Å²) >= 11 is 1.29. The number of nitrogens with zero attached hydrogens (tertiary/aromatic N) is 3. The number of hydrogen-bond acceptors (Lipinski definition) is 7. The van der Waals surface area contributed by atoms with Gasteiger partial charge in [0.05, 0.1) is 19.4 Å². The van der Waals surface area contributed by atoms with Gasteiger partial charge < -0.3 is 14.8 Å². The van der Waals surface area contributed by atoms with Gasteiger partial charge in [-0.05, 0) is 36.8 Å². The molecule has 8 nitrogen and oxygen atoms in total. The third-order valence-corrected chi connectivity index (χ3v) is 6.24. The van der Waals surface area contributed by atoms with Crippen LogP contribution < -0.4 is 14.8 Å². The first-order chi connectivity index (χ1) is 17.5. The van der Waals surface area contributed by atoms with Gasteiger partial charge in [-0.3, -0.25) is 14.2 Å². The second-order valence-corrected chi connectivity index (χ2v) is 8.85. The summed E-state index contributed by atoms with van der Waals surface area (Å²) in [6.07, 6.45) is 0. The summed E-state index contributed by atoms with van der Waals surface area (Å²) in [5.41, 5.74) is 2.20. The molecule has 1 N–H and O–H groups in total. The van der Waals surface area contributed by atoms with Crippen LogP contribution in [0.4, 0.5) is 5.69 Å². The molecule has 9 heteroatoms. The summed E-state index contributed by atoms with van der Waals surface area (Å²) < 4.78 is 13.1. The molecule has 1 heterocycles. The van der Waals surface area contributed by atoms with Crippen molar-refractivity contribution in [1.82, 2.24) is 14.8 Å². The van der Waals surface area contributed by atoms with Crippen molar-refractivity contribution in [3.8, 4) is 11.5 Å². The monoisotopic (exact) mass is 502 g/mol. The van der Waals surface area contributed by atoms with Crippen molar-refractivity contribution in [3.63, 3.8) is 0 Å². The lowest BCUT2D eigenvalue weighted by Gasteiger charge is -2.12. The number of ether oxygens (including phenoxy) is 2. The number of methoxy groups -OCH3 is 1. The van der Waals surface area contributed by atoms with Gasteiger partial charge in [0, 0.05) is 17.3 Å². The van der Waals surface area contributed by atoms with Gasteiger partial charge >= 0.3 is 0 Å². The summed E-state index contributed by atoms with van der Waals surface area (Å²) in [5, 5.41) is 12.1. The van der Waals surface area contributed by atoms with Gasteiger partial charge in [-0.15, -0.1) is 10.2 Å². The van der Waals surface area contributed by atoms with Crippen LogP contribution in [0.5, 0.6) is 11.5 Å². The van der Waals surface area contributed by atoms with Crippen LogP contribution in [0.25, 0.3) is 0 Å². The van der Waals surface area contributed by atoms with Crippen molar-refractivity contribution < 1.29 is 19.1 Å². The molecule has 0 bridgehead atoms. The van der Waals surface area contributed by atoms with Gasteiger partial charge in [0.2, 0.25) is 5.91 Å². The summed E-state index contributed by atoms with van der Waals surface area (Å²) in [7, 11) is 1.61. The number of hydrogen-bond donors (Lipinski definition) is 1. The number of aromatic nitrogens is 3. The van der Waals surface area contributed by atoms with Crippen LogP contribution in [0.15, 0.2) is 84.0 Å². The van der Waals surface area contributed by atoms with Crippen LogP contribution in [0.3, 0.4) is 0 Å². The predicted octanol–water partition coefficient (Wildman–Crippen LogP) is 4.85. The zero-order chi connectivity index (χ0) is 25.3. The molecular formula is C27H26N4O4S. The van der Waals surface area contributed by atoms with E-state index in [1.165, 1.54) is 18.7 Å². The Kier molecular flexibility index (Phi) is 8.36. The van der Waals surface area contributed by atoms with Gasteiger partial charge in [-0.25, -0.2) is 0 Å². The zero-order valence-electron chi connectivity index (χ0n) is 20.0. The van der Waals surface area contributed by atoms with Gasteiger partial charge in [0.15, 0.2) is 16.8 Å². The third-order valence-electron chi connectivity index (χ3n) is 5.27. The first-order valence-electron chi connectivity index (χ1n) is 11.3. The van der Waals surface area contributed by atoms with Crippen molar-refractivity contribution in [2.45, 2.75) is 25.2 Å². The first kappa shape index (κ1) is 25.0. The number of carbonyl (C=O) groups is 2. The summed E-state index contributed by atoms with van der Waals surface area (Å²) in [6.45, 7) is 2.23. The Morgan fingerprint density at radius 2 is 1.72 bits per heavy atom. The van der Waals surface area contributed by atoms with Gasteiger partial charge in [-0.2, -0.15) is 0 Å². The molecule has 0 spiro atoms. The van der Waals surface area contributed by atoms with Crippen LogP contribution in [0.2, 0.25) is 0 Å². The maximum Gasteiger partial charge on any atom is 0.234 e. The minimum Gasteiger partial charge on any atom is -0.497 e. The highest BCUT2D eigenvalue weighted by Crippen LogP contribution is 2.23. The van der Waals surface area contributed by atoms with Crippen LogP contribution in [0, 0.1) is 0 Å². The normalized spacial score (nSPS) is 10.6. The number of carbonyl (C=O) groups excluding carboxylic acids is 2. The van der Waals surface area contributed by atoms with Gasteiger partial charge in [0.1, 0.15) is 18.1 Å². The molecule has 1 aromatic heterocycles. The van der Waals surface area contributed by atoms with Crippen LogP contribution in [-0.4, -0.2) is 39.3 Å². The first-order valence-corrected chi connectivity index (χ1v) is 12.3. The fraction of sp³-hybridized carbons (Fsp3) is 0.185. The topological polar surface area (TPSA) is 95.3 Å². The number of Topliss-reactive ketones (excluding diaryl/α,β-unsaturated/α-hetero) is 1. The molecule has 184 valence electrons. The van der Waals surface area contributed by atoms with E-state index in [1.54, 1.807) is 37.4 Å². The van der Waals surface area contributed by atoms with E-state index in [0.717, 1.165) is 5.56 Å². The molecular weight excluding hydrogens is 476 g/mol. The van der Waals surface area contributed by atoms with Crippen molar-refractivity contribution >= 4 is 29.1 Å². The molecule has 1 amide bonds. The molecule has 0 fully saturated rings. The van der Waals surface area contributed by atoms with E-state index >= 15 is 0 Å². The Morgan fingerprint density at radius 1 is 0.944 bits per heavy atom. The van der Waals surface area contributed by atoms with E-state index in [1.807, 2.05) is 53.1 Å². The Morgan fingerprint density at radius 3 is 2.50 bits per heavy atom. The van der Waals surface area contributed by atoms with Crippen LogP contribution >= 0.6 is 11.8 Å². The molecule has 0 saturated heterocycles. The maximum atomic E-state index is 12.6. The van der Waals surface area contributed by atoms with Crippen LogP contribution in [0.1, 0.15) is 28.7 Å². The highest BCUT2D eigenvalue weighted by atomic mass is 32.2. The number of thioether (sulfide) groups is 1. The lowest BCUT2D eigenvalue weighted by atomic mass is 10.1. The molecule has 0 aliphatic carbocycles. The Hall–Kier alpha value is -4.11. The molecule has 3 aromatic carbocycles. The van der Waals surface area contributed by atoms with E-state index < -0.39 is 0 Å². The number of benzene rings is 3. The average molecular weight is 503 g/mol. The largest absolute Gasteiger partial charge is 0.497 e. The standard InChI is InChI=1S/C27H26N4O4S/c1-19(32)21-10-6-11-22(14-21)28-26(33)18-36-27-30-29-25(31(27)16-20-8-4-3-5-9-20)17-35-24-13-7-12-23(15-24)34-2/h3-15H,16-18H2,1-2H3,(H,28,33). The second kappa shape index (κ2) is 12.0. The van der Waals surface area contributed by atoms with Crippen molar-refractivity contribution in [2.24, 2.45) is 0 Å². The average Bonchev–Trinajstić information content (AvgIpc) is 3.28. The molecule has 0 saturated carbocycles. The quantitative estimate of drug-likeness (QED) is 0.231. The number of amides is 1. The molecule has 4 aromatic rings. The van der Waals surface area contributed by atoms with E-state index in [0.29, 0.717) is 40.3 Å². The molecule has 0 atom stereocenters. The number of rotatable bonds is 11. The fourth-order valence-corrected chi connectivity index (χ4v) is 4.20. The van der Waals surface area contributed by atoms with Crippen molar-refractivity contribution in [1.29, 1.82) is 0 Å². The smallest absolute Gasteiger partial charge is 0.234 e. The SMILES string of the molecule is COc1cccc(OCc2nnc(SCC(=O)Nc3cccc(C(C)=O)c3)n2Cc2ccccc2)c1. The summed E-state index contributed by atoms with van der Waals surface area (Å²) in [4.78, 5) is 24.2. The second-order valence-electron chi connectivity index (χ2n) is 7.91. The van der Waals surface area contributed by atoms with Crippen molar-refractivity contribution in [3.05, 3.63) is 95.8 Å². The molecule has 4 rings (SSSR count).